The molecule has 0 spiro atoms. The number of hydrogen-bond donors (Lipinski definition) is 2. The number of piperidine rings is 1. The summed E-state index contributed by atoms with van der Waals surface area (Å²) in [6.07, 6.45) is 4.31. The molecule has 1 amide bonds. The van der Waals surface area contributed by atoms with E-state index < -0.39 is 0 Å². The second-order valence-corrected chi connectivity index (χ2v) is 7.44. The molecule has 1 fully saturated rings. The van der Waals surface area contributed by atoms with E-state index in [-0.39, 0.29) is 36.8 Å². The van der Waals surface area contributed by atoms with Gasteiger partial charge in [-0.25, -0.2) is 0 Å². The van der Waals surface area contributed by atoms with Crippen LogP contribution in [0.4, 0.5) is 0 Å². The maximum atomic E-state index is 11.8. The summed E-state index contributed by atoms with van der Waals surface area (Å²) in [4.78, 5) is 14.4. The molecule has 0 aliphatic carbocycles. The fraction of sp³-hybridized carbons (Fsp3) is 0.941. The Kier molecular flexibility index (Phi) is 14.6. The molecular weight excluding hydrogens is 333 g/mol. The molecule has 3 atom stereocenters. The lowest BCUT2D eigenvalue weighted by Crippen LogP contribution is -2.42. The molecule has 140 valence electrons. The van der Waals surface area contributed by atoms with Crippen molar-refractivity contribution in [2.24, 2.45) is 23.5 Å². The summed E-state index contributed by atoms with van der Waals surface area (Å²) in [5, 5.41) is 2.96. The lowest BCUT2D eigenvalue weighted by Gasteiger charge is -2.34. The summed E-state index contributed by atoms with van der Waals surface area (Å²) < 4.78 is 0. The van der Waals surface area contributed by atoms with Gasteiger partial charge in [0, 0.05) is 19.6 Å². The van der Waals surface area contributed by atoms with Gasteiger partial charge in [-0.3, -0.25) is 4.79 Å². The zero-order valence-electron chi connectivity index (χ0n) is 15.2. The van der Waals surface area contributed by atoms with Gasteiger partial charge >= 0.3 is 0 Å². The van der Waals surface area contributed by atoms with E-state index in [0.29, 0.717) is 5.92 Å². The van der Waals surface area contributed by atoms with Crippen LogP contribution in [0.3, 0.4) is 0 Å². The highest BCUT2D eigenvalue weighted by Crippen LogP contribution is 2.20. The standard InChI is InChI=1S/C17H35N3O.2ClH/c1-13(2)9-16(18)17(21)19-7-5-6-8-20-11-14(3)10-15(4)12-20;;/h13-16H,5-12,18H2,1-4H3,(H,19,21);2*1H/t14?,15?,16-;;/m0../s1. The van der Waals surface area contributed by atoms with Gasteiger partial charge in [0.2, 0.25) is 5.91 Å². The van der Waals surface area contributed by atoms with Crippen molar-refractivity contribution < 1.29 is 4.79 Å². The van der Waals surface area contributed by atoms with Crippen LogP contribution < -0.4 is 11.1 Å². The van der Waals surface area contributed by atoms with E-state index in [1.165, 1.54) is 19.5 Å². The fourth-order valence-electron chi connectivity index (χ4n) is 3.39. The Balaban J connectivity index is 0. The zero-order valence-corrected chi connectivity index (χ0v) is 16.8. The fourth-order valence-corrected chi connectivity index (χ4v) is 3.39. The van der Waals surface area contributed by atoms with Crippen LogP contribution in [0.15, 0.2) is 0 Å². The molecule has 0 radical (unpaired) electrons. The molecule has 0 saturated carbocycles. The summed E-state index contributed by atoms with van der Waals surface area (Å²) in [6.45, 7) is 13.2. The Bertz CT molecular complexity index is 306. The normalized spacial score (nSPS) is 22.9. The first-order valence-electron chi connectivity index (χ1n) is 8.64. The number of likely N-dealkylation sites (tertiary alicyclic amines) is 1. The summed E-state index contributed by atoms with van der Waals surface area (Å²) in [7, 11) is 0. The van der Waals surface area contributed by atoms with Gasteiger partial charge in [-0.1, -0.05) is 27.7 Å². The van der Waals surface area contributed by atoms with E-state index in [1.54, 1.807) is 0 Å². The van der Waals surface area contributed by atoms with Crippen LogP contribution in [0.25, 0.3) is 0 Å². The SMILES string of the molecule is CC(C)C[C@H](N)C(=O)NCCCCN1CC(C)CC(C)C1.Cl.Cl. The Labute approximate surface area is 155 Å². The van der Waals surface area contributed by atoms with Crippen LogP contribution in [0.1, 0.15) is 53.4 Å². The second-order valence-electron chi connectivity index (χ2n) is 7.44. The number of rotatable bonds is 8. The maximum Gasteiger partial charge on any atom is 0.236 e. The highest BCUT2D eigenvalue weighted by Gasteiger charge is 2.21. The van der Waals surface area contributed by atoms with Crippen molar-refractivity contribution in [1.82, 2.24) is 10.2 Å². The number of nitrogens with two attached hydrogens (primary N) is 1. The molecule has 0 aromatic carbocycles. The van der Waals surface area contributed by atoms with Crippen LogP contribution in [-0.2, 0) is 4.79 Å². The monoisotopic (exact) mass is 369 g/mol. The molecule has 3 N–H and O–H groups in total. The number of carbonyl (C=O) groups excluding carboxylic acids is 1. The minimum Gasteiger partial charge on any atom is -0.355 e. The smallest absolute Gasteiger partial charge is 0.236 e. The van der Waals surface area contributed by atoms with Crippen molar-refractivity contribution in [3.05, 3.63) is 0 Å². The Morgan fingerprint density at radius 2 is 1.74 bits per heavy atom. The number of hydrogen-bond acceptors (Lipinski definition) is 3. The number of nitrogens with one attached hydrogen (secondary N) is 1. The molecule has 4 nitrogen and oxygen atoms in total. The average molecular weight is 370 g/mol. The first-order chi connectivity index (χ1) is 9.88. The first kappa shape index (κ1) is 25.2. The Morgan fingerprint density at radius 1 is 1.17 bits per heavy atom. The number of unbranched alkanes of at least 4 members (excludes halogenated alkanes) is 1. The van der Waals surface area contributed by atoms with Gasteiger partial charge in [0.05, 0.1) is 6.04 Å². The van der Waals surface area contributed by atoms with Crippen molar-refractivity contribution in [2.75, 3.05) is 26.2 Å². The molecule has 23 heavy (non-hydrogen) atoms. The molecule has 0 bridgehead atoms. The molecule has 0 aromatic heterocycles. The third-order valence-electron chi connectivity index (χ3n) is 4.21. The van der Waals surface area contributed by atoms with Crippen molar-refractivity contribution >= 4 is 30.7 Å². The third kappa shape index (κ3) is 11.2. The summed E-state index contributed by atoms with van der Waals surface area (Å²) in [5.74, 6) is 2.11. The van der Waals surface area contributed by atoms with Gasteiger partial charge in [0.25, 0.3) is 0 Å². The van der Waals surface area contributed by atoms with Crippen molar-refractivity contribution in [3.8, 4) is 0 Å². The van der Waals surface area contributed by atoms with Gasteiger partial charge in [0.1, 0.15) is 0 Å². The van der Waals surface area contributed by atoms with Gasteiger partial charge in [-0.05, 0) is 50.0 Å². The van der Waals surface area contributed by atoms with Crippen LogP contribution in [0, 0.1) is 17.8 Å². The molecule has 1 saturated heterocycles. The number of amides is 1. The molecule has 1 rings (SSSR count). The van der Waals surface area contributed by atoms with Gasteiger partial charge in [0.15, 0.2) is 0 Å². The number of carbonyl (C=O) groups is 1. The number of nitrogens with zero attached hydrogens (tertiary/aromatic N) is 1. The molecular formula is C17H37Cl2N3O. The van der Waals surface area contributed by atoms with Gasteiger partial charge in [-0.15, -0.1) is 24.8 Å². The minimum absolute atomic E-state index is 0. The lowest BCUT2D eigenvalue weighted by atomic mass is 9.92. The highest BCUT2D eigenvalue weighted by atomic mass is 35.5. The van der Waals surface area contributed by atoms with E-state index in [9.17, 15) is 4.79 Å². The molecule has 1 aliphatic rings. The summed E-state index contributed by atoms with van der Waals surface area (Å²) >= 11 is 0. The predicted octanol–water partition coefficient (Wildman–Crippen LogP) is 3.08. The molecule has 1 aliphatic heterocycles. The third-order valence-corrected chi connectivity index (χ3v) is 4.21. The largest absolute Gasteiger partial charge is 0.355 e. The first-order valence-corrected chi connectivity index (χ1v) is 8.64. The van der Waals surface area contributed by atoms with Crippen molar-refractivity contribution in [1.29, 1.82) is 0 Å². The maximum absolute atomic E-state index is 11.8. The predicted molar refractivity (Wildman–Crippen MR) is 104 cm³/mol. The van der Waals surface area contributed by atoms with Crippen molar-refractivity contribution in [2.45, 2.75) is 59.4 Å². The van der Waals surface area contributed by atoms with E-state index >= 15 is 0 Å². The minimum atomic E-state index is -0.353. The molecule has 2 unspecified atom stereocenters. The van der Waals surface area contributed by atoms with E-state index in [0.717, 1.165) is 44.2 Å². The zero-order chi connectivity index (χ0) is 15.8. The average Bonchev–Trinajstić information content (AvgIpc) is 2.36. The second kappa shape index (κ2) is 13.3. The number of halogens is 2. The lowest BCUT2D eigenvalue weighted by molar-refractivity contribution is -0.122. The van der Waals surface area contributed by atoms with Crippen LogP contribution in [0.5, 0.6) is 0 Å². The van der Waals surface area contributed by atoms with Gasteiger partial charge in [-0.2, -0.15) is 0 Å². The highest BCUT2D eigenvalue weighted by molar-refractivity contribution is 5.85. The van der Waals surface area contributed by atoms with Crippen molar-refractivity contribution in [3.63, 3.8) is 0 Å². The summed E-state index contributed by atoms with van der Waals surface area (Å²) in [5.41, 5.74) is 5.86. The Morgan fingerprint density at radius 3 is 2.26 bits per heavy atom. The topological polar surface area (TPSA) is 58.4 Å². The summed E-state index contributed by atoms with van der Waals surface area (Å²) in [6, 6.07) is -0.353. The molecule has 0 aromatic rings. The van der Waals surface area contributed by atoms with Crippen LogP contribution in [-0.4, -0.2) is 43.0 Å². The van der Waals surface area contributed by atoms with E-state index in [2.05, 4.69) is 37.9 Å². The van der Waals surface area contributed by atoms with Gasteiger partial charge < -0.3 is 16.0 Å². The molecule has 1 heterocycles. The van der Waals surface area contributed by atoms with Crippen LogP contribution in [0.2, 0.25) is 0 Å². The van der Waals surface area contributed by atoms with E-state index in [1.807, 2.05) is 0 Å². The molecule has 6 heteroatoms. The van der Waals surface area contributed by atoms with Crippen LogP contribution >= 0.6 is 24.8 Å². The quantitative estimate of drug-likeness (QED) is 0.646. The Hall–Kier alpha value is -0.0300. The van der Waals surface area contributed by atoms with E-state index in [4.69, 9.17) is 5.73 Å².